The first kappa shape index (κ1) is 13.8. The molecule has 1 heterocycles. The predicted octanol–water partition coefficient (Wildman–Crippen LogP) is 2.72. The summed E-state index contributed by atoms with van der Waals surface area (Å²) in [6.07, 6.45) is 3.34. The van der Waals surface area contributed by atoms with Crippen LogP contribution in [0.1, 0.15) is 17.5 Å². The van der Waals surface area contributed by atoms with E-state index < -0.39 is 5.76 Å². The average molecular weight is 308 g/mol. The summed E-state index contributed by atoms with van der Waals surface area (Å²) in [6.45, 7) is -0.0626. The van der Waals surface area contributed by atoms with Crippen molar-refractivity contribution < 1.29 is 9.21 Å². The molecule has 4 rings (SSSR count). The summed E-state index contributed by atoms with van der Waals surface area (Å²) < 4.78 is 6.48. The van der Waals surface area contributed by atoms with Gasteiger partial charge in [0.25, 0.3) is 0 Å². The van der Waals surface area contributed by atoms with Gasteiger partial charge in [0.2, 0.25) is 5.91 Å². The quantitative estimate of drug-likeness (QED) is 0.809. The Morgan fingerprint density at radius 1 is 1.13 bits per heavy atom. The maximum absolute atomic E-state index is 12.3. The third-order valence-corrected chi connectivity index (χ3v) is 4.26. The highest BCUT2D eigenvalue weighted by molar-refractivity contribution is 5.91. The van der Waals surface area contributed by atoms with Crippen LogP contribution in [-0.2, 0) is 24.2 Å². The summed E-state index contributed by atoms with van der Waals surface area (Å²) in [7, 11) is 0. The molecule has 0 atom stereocenters. The number of oxazole rings is 1. The second-order valence-corrected chi connectivity index (χ2v) is 5.81. The number of rotatable bonds is 3. The largest absolute Gasteiger partial charge is 0.420 e. The van der Waals surface area contributed by atoms with Crippen LogP contribution in [0.2, 0.25) is 0 Å². The standard InChI is InChI=1S/C18H16N2O3/c21-17(19-14-9-8-12-4-3-5-13(12)10-14)11-20-15-6-1-2-7-16(15)23-18(20)22/h1-2,6-10H,3-5,11H2,(H,19,21). The number of hydrogen-bond acceptors (Lipinski definition) is 3. The lowest BCUT2D eigenvalue weighted by atomic mass is 10.1. The molecule has 3 aromatic rings. The van der Waals surface area contributed by atoms with Crippen LogP contribution in [0.15, 0.2) is 51.7 Å². The molecule has 5 nitrogen and oxygen atoms in total. The molecule has 2 aromatic carbocycles. The maximum atomic E-state index is 12.3. The van der Waals surface area contributed by atoms with Gasteiger partial charge in [-0.15, -0.1) is 0 Å². The van der Waals surface area contributed by atoms with Gasteiger partial charge < -0.3 is 9.73 Å². The van der Waals surface area contributed by atoms with Crippen molar-refractivity contribution >= 4 is 22.7 Å². The summed E-state index contributed by atoms with van der Waals surface area (Å²) in [5.74, 6) is -0.757. The molecule has 5 heteroatoms. The van der Waals surface area contributed by atoms with E-state index in [9.17, 15) is 9.59 Å². The minimum atomic E-state index is -0.518. The molecular weight excluding hydrogens is 292 g/mol. The van der Waals surface area contributed by atoms with Gasteiger partial charge in [0.05, 0.1) is 5.52 Å². The molecule has 0 fully saturated rings. The molecule has 0 bridgehead atoms. The zero-order chi connectivity index (χ0) is 15.8. The van der Waals surface area contributed by atoms with Crippen molar-refractivity contribution in [1.82, 2.24) is 4.57 Å². The fourth-order valence-corrected chi connectivity index (χ4v) is 3.16. The predicted molar refractivity (Wildman–Crippen MR) is 87.6 cm³/mol. The molecule has 1 aromatic heterocycles. The number of benzene rings is 2. The lowest BCUT2D eigenvalue weighted by Crippen LogP contribution is -2.24. The first-order valence-electron chi connectivity index (χ1n) is 7.71. The normalized spacial score (nSPS) is 13.2. The Balaban J connectivity index is 1.56. The van der Waals surface area contributed by atoms with Crippen LogP contribution in [0.3, 0.4) is 0 Å². The second kappa shape index (κ2) is 5.43. The van der Waals surface area contributed by atoms with Gasteiger partial charge >= 0.3 is 5.76 Å². The third-order valence-electron chi connectivity index (χ3n) is 4.26. The molecule has 1 aliphatic carbocycles. The fraction of sp³-hybridized carbons (Fsp3) is 0.222. The molecule has 0 spiro atoms. The fourth-order valence-electron chi connectivity index (χ4n) is 3.16. The summed E-state index contributed by atoms with van der Waals surface area (Å²) in [5, 5.41) is 2.86. The van der Waals surface area contributed by atoms with Crippen LogP contribution in [0.5, 0.6) is 0 Å². The molecule has 0 aliphatic heterocycles. The van der Waals surface area contributed by atoms with E-state index in [2.05, 4.69) is 11.4 Å². The van der Waals surface area contributed by atoms with Crippen LogP contribution >= 0.6 is 0 Å². The van der Waals surface area contributed by atoms with Crippen molar-refractivity contribution in [2.24, 2.45) is 0 Å². The van der Waals surface area contributed by atoms with Gasteiger partial charge in [0.1, 0.15) is 6.54 Å². The Hall–Kier alpha value is -2.82. The third kappa shape index (κ3) is 2.54. The minimum Gasteiger partial charge on any atom is -0.408 e. The summed E-state index contributed by atoms with van der Waals surface area (Å²) in [4.78, 5) is 24.2. The smallest absolute Gasteiger partial charge is 0.408 e. The highest BCUT2D eigenvalue weighted by atomic mass is 16.4. The molecule has 1 amide bonds. The average Bonchev–Trinajstić information content (AvgIpc) is 3.12. The number of carbonyl (C=O) groups is 1. The van der Waals surface area contributed by atoms with Crippen LogP contribution in [0.4, 0.5) is 5.69 Å². The Bertz CT molecular complexity index is 952. The van der Waals surface area contributed by atoms with E-state index in [4.69, 9.17) is 4.42 Å². The number of para-hydroxylation sites is 2. The van der Waals surface area contributed by atoms with Crippen LogP contribution in [0, 0.1) is 0 Å². The van der Waals surface area contributed by atoms with E-state index >= 15 is 0 Å². The summed E-state index contributed by atoms with van der Waals surface area (Å²) >= 11 is 0. The van der Waals surface area contributed by atoms with Gasteiger partial charge in [-0.05, 0) is 54.7 Å². The van der Waals surface area contributed by atoms with E-state index in [0.29, 0.717) is 11.1 Å². The number of amides is 1. The number of nitrogens with one attached hydrogen (secondary N) is 1. The van der Waals surface area contributed by atoms with Gasteiger partial charge in [0, 0.05) is 5.69 Å². The van der Waals surface area contributed by atoms with E-state index in [0.717, 1.165) is 18.5 Å². The molecule has 116 valence electrons. The SMILES string of the molecule is O=C(Cn1c(=O)oc2ccccc21)Nc1ccc2c(c1)CCC2. The molecule has 0 saturated heterocycles. The lowest BCUT2D eigenvalue weighted by Gasteiger charge is -2.08. The zero-order valence-corrected chi connectivity index (χ0v) is 12.5. The van der Waals surface area contributed by atoms with E-state index in [1.165, 1.54) is 22.1 Å². The van der Waals surface area contributed by atoms with Gasteiger partial charge in [-0.3, -0.25) is 9.36 Å². The molecule has 0 radical (unpaired) electrons. The number of anilines is 1. The highest BCUT2D eigenvalue weighted by Gasteiger charge is 2.14. The summed E-state index contributed by atoms with van der Waals surface area (Å²) in [6, 6.07) is 13.1. The summed E-state index contributed by atoms with van der Waals surface area (Å²) in [5.41, 5.74) is 4.55. The first-order chi connectivity index (χ1) is 11.2. The number of carbonyl (C=O) groups excluding carboxylic acids is 1. The van der Waals surface area contributed by atoms with Crippen molar-refractivity contribution in [1.29, 1.82) is 0 Å². The van der Waals surface area contributed by atoms with Crippen molar-refractivity contribution in [3.63, 3.8) is 0 Å². The van der Waals surface area contributed by atoms with Gasteiger partial charge in [0.15, 0.2) is 5.58 Å². The number of aryl methyl sites for hydroxylation is 2. The molecule has 1 N–H and O–H groups in total. The van der Waals surface area contributed by atoms with Crippen molar-refractivity contribution in [3.8, 4) is 0 Å². The molecular formula is C18H16N2O3. The topological polar surface area (TPSA) is 64.2 Å². The lowest BCUT2D eigenvalue weighted by molar-refractivity contribution is -0.116. The van der Waals surface area contributed by atoms with Crippen LogP contribution in [0.25, 0.3) is 11.1 Å². The Morgan fingerprint density at radius 3 is 2.87 bits per heavy atom. The second-order valence-electron chi connectivity index (χ2n) is 5.81. The van der Waals surface area contributed by atoms with Crippen LogP contribution in [-0.4, -0.2) is 10.5 Å². The number of hydrogen-bond donors (Lipinski definition) is 1. The monoisotopic (exact) mass is 308 g/mol. The molecule has 23 heavy (non-hydrogen) atoms. The number of fused-ring (bicyclic) bond motifs is 2. The highest BCUT2D eigenvalue weighted by Crippen LogP contribution is 2.24. The van der Waals surface area contributed by atoms with Crippen molar-refractivity contribution in [2.45, 2.75) is 25.8 Å². The van der Waals surface area contributed by atoms with Crippen LogP contribution < -0.4 is 11.1 Å². The van der Waals surface area contributed by atoms with Gasteiger partial charge in [-0.2, -0.15) is 0 Å². The van der Waals surface area contributed by atoms with Gasteiger partial charge in [-0.1, -0.05) is 18.2 Å². The first-order valence-corrected chi connectivity index (χ1v) is 7.71. The molecule has 0 unspecified atom stereocenters. The van der Waals surface area contributed by atoms with E-state index in [1.54, 1.807) is 18.2 Å². The van der Waals surface area contributed by atoms with Crippen molar-refractivity contribution in [2.75, 3.05) is 5.32 Å². The van der Waals surface area contributed by atoms with Gasteiger partial charge in [-0.25, -0.2) is 4.79 Å². The Kier molecular flexibility index (Phi) is 3.26. The molecule has 1 aliphatic rings. The van der Waals surface area contributed by atoms with E-state index in [1.807, 2.05) is 18.2 Å². The number of aromatic nitrogens is 1. The Morgan fingerprint density at radius 2 is 1.96 bits per heavy atom. The molecule has 0 saturated carbocycles. The maximum Gasteiger partial charge on any atom is 0.420 e. The number of nitrogens with zero attached hydrogens (tertiary/aromatic N) is 1. The zero-order valence-electron chi connectivity index (χ0n) is 12.5. The minimum absolute atomic E-state index is 0.0626. The Labute approximate surface area is 132 Å². The van der Waals surface area contributed by atoms with Crippen molar-refractivity contribution in [3.05, 3.63) is 64.1 Å². The van der Waals surface area contributed by atoms with E-state index in [-0.39, 0.29) is 12.5 Å².